The molecule has 1 saturated carbocycles. The van der Waals surface area contributed by atoms with Gasteiger partial charge in [0.25, 0.3) is 0 Å². The third kappa shape index (κ3) is 2.16. The number of carbonyl (C=O) groups excluding carboxylic acids is 1. The fraction of sp³-hybridized carbons (Fsp3) is 0.562. The Bertz CT molecular complexity index is 498. The first-order chi connectivity index (χ1) is 8.93. The predicted octanol–water partition coefficient (Wildman–Crippen LogP) is 2.70. The number of carbonyl (C=O) groups is 1. The van der Waals surface area contributed by atoms with E-state index in [1.54, 1.807) is 4.90 Å². The quantitative estimate of drug-likeness (QED) is 0.908. The van der Waals surface area contributed by atoms with Crippen LogP contribution in [0.15, 0.2) is 12.1 Å². The third-order valence-electron chi connectivity index (χ3n) is 4.85. The molecule has 0 aliphatic heterocycles. The number of hydrogen-bond acceptors (Lipinski definition) is 2. The molecule has 1 aliphatic rings. The molecular weight excluding hydrogens is 236 g/mol. The van der Waals surface area contributed by atoms with E-state index in [9.17, 15) is 4.79 Å². The highest BCUT2D eigenvalue weighted by atomic mass is 16.2. The number of hydrogen-bond donors (Lipinski definition) is 1. The number of nitrogens with zero attached hydrogens (tertiary/aromatic N) is 1. The SMILES string of the molecule is Cc1ccc(N(C)C(=O)C2(CN)CCC2)c(C)c1C. The summed E-state index contributed by atoms with van der Waals surface area (Å²) in [5.41, 5.74) is 10.2. The second-order valence-corrected chi connectivity index (χ2v) is 5.85. The van der Waals surface area contributed by atoms with E-state index in [4.69, 9.17) is 5.73 Å². The zero-order valence-corrected chi connectivity index (χ0v) is 12.4. The van der Waals surface area contributed by atoms with Crippen molar-refractivity contribution in [1.82, 2.24) is 0 Å². The number of aryl methyl sites for hydroxylation is 1. The summed E-state index contributed by atoms with van der Waals surface area (Å²) in [5, 5.41) is 0. The molecule has 104 valence electrons. The highest BCUT2D eigenvalue weighted by molar-refractivity contribution is 5.98. The van der Waals surface area contributed by atoms with Gasteiger partial charge in [-0.05, 0) is 56.4 Å². The van der Waals surface area contributed by atoms with E-state index in [0.717, 1.165) is 24.9 Å². The highest BCUT2D eigenvalue weighted by Crippen LogP contribution is 2.42. The van der Waals surface area contributed by atoms with Crippen molar-refractivity contribution >= 4 is 11.6 Å². The minimum Gasteiger partial charge on any atom is -0.329 e. The highest BCUT2D eigenvalue weighted by Gasteiger charge is 2.44. The molecule has 2 N–H and O–H groups in total. The smallest absolute Gasteiger partial charge is 0.234 e. The summed E-state index contributed by atoms with van der Waals surface area (Å²) >= 11 is 0. The lowest BCUT2D eigenvalue weighted by molar-refractivity contribution is -0.131. The van der Waals surface area contributed by atoms with E-state index in [1.807, 2.05) is 13.1 Å². The van der Waals surface area contributed by atoms with Gasteiger partial charge in [0.1, 0.15) is 0 Å². The van der Waals surface area contributed by atoms with Crippen molar-refractivity contribution in [3.05, 3.63) is 28.8 Å². The molecular formula is C16H24N2O. The molecule has 1 fully saturated rings. The van der Waals surface area contributed by atoms with Crippen LogP contribution in [0.25, 0.3) is 0 Å². The van der Waals surface area contributed by atoms with Gasteiger partial charge >= 0.3 is 0 Å². The first-order valence-corrected chi connectivity index (χ1v) is 6.98. The van der Waals surface area contributed by atoms with Crippen LogP contribution in [0.5, 0.6) is 0 Å². The van der Waals surface area contributed by atoms with E-state index < -0.39 is 0 Å². The van der Waals surface area contributed by atoms with Gasteiger partial charge in [0.2, 0.25) is 5.91 Å². The Hall–Kier alpha value is -1.35. The van der Waals surface area contributed by atoms with Crippen molar-refractivity contribution in [2.24, 2.45) is 11.1 Å². The molecule has 1 aromatic carbocycles. The molecule has 0 atom stereocenters. The van der Waals surface area contributed by atoms with Gasteiger partial charge in [-0.15, -0.1) is 0 Å². The molecule has 0 radical (unpaired) electrons. The summed E-state index contributed by atoms with van der Waals surface area (Å²) in [6.07, 6.45) is 2.97. The van der Waals surface area contributed by atoms with Gasteiger partial charge in [-0.25, -0.2) is 0 Å². The van der Waals surface area contributed by atoms with Crippen molar-refractivity contribution in [3.8, 4) is 0 Å². The largest absolute Gasteiger partial charge is 0.329 e. The van der Waals surface area contributed by atoms with Gasteiger partial charge in [0.05, 0.1) is 5.41 Å². The van der Waals surface area contributed by atoms with Gasteiger partial charge in [-0.2, -0.15) is 0 Å². The van der Waals surface area contributed by atoms with E-state index in [1.165, 1.54) is 16.7 Å². The second-order valence-electron chi connectivity index (χ2n) is 5.85. The van der Waals surface area contributed by atoms with Crippen LogP contribution in [-0.4, -0.2) is 19.5 Å². The summed E-state index contributed by atoms with van der Waals surface area (Å²) in [5.74, 6) is 0.174. The van der Waals surface area contributed by atoms with Gasteiger partial charge in [0, 0.05) is 19.3 Å². The maximum atomic E-state index is 12.7. The Balaban J connectivity index is 2.32. The lowest BCUT2D eigenvalue weighted by atomic mass is 9.68. The fourth-order valence-electron chi connectivity index (χ4n) is 2.88. The second kappa shape index (κ2) is 4.97. The average Bonchev–Trinajstić information content (AvgIpc) is 2.34. The lowest BCUT2D eigenvalue weighted by Crippen LogP contribution is -2.51. The van der Waals surface area contributed by atoms with Crippen LogP contribution in [0.2, 0.25) is 0 Å². The van der Waals surface area contributed by atoms with Crippen molar-refractivity contribution in [2.75, 3.05) is 18.5 Å². The first-order valence-electron chi connectivity index (χ1n) is 6.98. The normalized spacial score (nSPS) is 16.9. The molecule has 0 heterocycles. The van der Waals surface area contributed by atoms with E-state index in [0.29, 0.717) is 6.54 Å². The molecule has 3 heteroatoms. The standard InChI is InChI=1S/C16H24N2O/c1-11-6-7-14(13(3)12(11)2)18(4)15(19)16(10-17)8-5-9-16/h6-7H,5,8-10,17H2,1-4H3. The molecule has 1 aliphatic carbocycles. The Morgan fingerprint density at radius 3 is 2.37 bits per heavy atom. The van der Waals surface area contributed by atoms with Crippen LogP contribution < -0.4 is 10.6 Å². The zero-order chi connectivity index (χ0) is 14.2. The van der Waals surface area contributed by atoms with Crippen molar-refractivity contribution < 1.29 is 4.79 Å². The molecule has 1 aromatic rings. The maximum Gasteiger partial charge on any atom is 0.234 e. The van der Waals surface area contributed by atoms with Crippen LogP contribution in [-0.2, 0) is 4.79 Å². The van der Waals surface area contributed by atoms with Gasteiger partial charge < -0.3 is 10.6 Å². The summed E-state index contributed by atoms with van der Waals surface area (Å²) in [6.45, 7) is 6.74. The van der Waals surface area contributed by atoms with Crippen molar-refractivity contribution in [2.45, 2.75) is 40.0 Å². The number of amides is 1. The van der Waals surface area contributed by atoms with E-state index >= 15 is 0 Å². The molecule has 0 saturated heterocycles. The van der Waals surface area contributed by atoms with Crippen molar-refractivity contribution in [3.63, 3.8) is 0 Å². The number of benzene rings is 1. The fourth-order valence-corrected chi connectivity index (χ4v) is 2.88. The van der Waals surface area contributed by atoms with Crippen LogP contribution in [0.3, 0.4) is 0 Å². The molecule has 0 unspecified atom stereocenters. The first kappa shape index (κ1) is 14.1. The minimum absolute atomic E-state index is 0.174. The summed E-state index contributed by atoms with van der Waals surface area (Å²) in [6, 6.07) is 4.12. The van der Waals surface area contributed by atoms with Crippen LogP contribution in [0.1, 0.15) is 36.0 Å². The van der Waals surface area contributed by atoms with Crippen LogP contribution in [0, 0.1) is 26.2 Å². The van der Waals surface area contributed by atoms with Gasteiger partial charge in [-0.1, -0.05) is 12.5 Å². The zero-order valence-electron chi connectivity index (χ0n) is 12.4. The number of nitrogens with two attached hydrogens (primary N) is 1. The number of rotatable bonds is 3. The van der Waals surface area contributed by atoms with Crippen molar-refractivity contribution in [1.29, 1.82) is 0 Å². The van der Waals surface area contributed by atoms with Crippen LogP contribution >= 0.6 is 0 Å². The van der Waals surface area contributed by atoms with E-state index in [-0.39, 0.29) is 11.3 Å². The monoisotopic (exact) mass is 260 g/mol. The topological polar surface area (TPSA) is 46.3 Å². The predicted molar refractivity (Wildman–Crippen MR) is 79.4 cm³/mol. The maximum absolute atomic E-state index is 12.7. The lowest BCUT2D eigenvalue weighted by Gasteiger charge is -2.42. The average molecular weight is 260 g/mol. The van der Waals surface area contributed by atoms with Gasteiger partial charge in [0.15, 0.2) is 0 Å². The molecule has 19 heavy (non-hydrogen) atoms. The molecule has 3 nitrogen and oxygen atoms in total. The minimum atomic E-state index is -0.306. The Morgan fingerprint density at radius 2 is 1.89 bits per heavy atom. The number of anilines is 1. The third-order valence-corrected chi connectivity index (χ3v) is 4.85. The van der Waals surface area contributed by atoms with E-state index in [2.05, 4.69) is 26.8 Å². The molecule has 1 amide bonds. The molecule has 0 bridgehead atoms. The summed E-state index contributed by atoms with van der Waals surface area (Å²) < 4.78 is 0. The molecule has 0 spiro atoms. The Labute approximate surface area is 115 Å². The Kier molecular flexibility index (Phi) is 3.68. The summed E-state index contributed by atoms with van der Waals surface area (Å²) in [4.78, 5) is 14.5. The van der Waals surface area contributed by atoms with Crippen LogP contribution in [0.4, 0.5) is 5.69 Å². The van der Waals surface area contributed by atoms with Gasteiger partial charge in [-0.3, -0.25) is 4.79 Å². The summed E-state index contributed by atoms with van der Waals surface area (Å²) in [7, 11) is 1.87. The Morgan fingerprint density at radius 1 is 1.26 bits per heavy atom. The molecule has 2 rings (SSSR count). The molecule has 0 aromatic heterocycles.